The highest BCUT2D eigenvalue weighted by Crippen LogP contribution is 2.33. The predicted octanol–water partition coefficient (Wildman–Crippen LogP) is 5.32. The Kier molecular flexibility index (Phi) is 4.58. The van der Waals surface area contributed by atoms with Gasteiger partial charge in [0.15, 0.2) is 5.78 Å². The van der Waals surface area contributed by atoms with Gasteiger partial charge in [-0.15, -0.1) is 22.7 Å². The lowest BCUT2D eigenvalue weighted by Gasteiger charge is -1.96. The second-order valence-electron chi connectivity index (χ2n) is 3.56. The minimum Gasteiger partial charge on any atom is -0.294 e. The number of carbonyl (C=O) groups excluding carboxylic acids is 1. The first-order chi connectivity index (χ1) is 8.10. The van der Waals surface area contributed by atoms with E-state index >= 15 is 0 Å². The van der Waals surface area contributed by atoms with Crippen LogP contribution in [0, 0.1) is 0 Å². The van der Waals surface area contributed by atoms with E-state index in [0.29, 0.717) is 6.42 Å². The Morgan fingerprint density at radius 2 is 1.94 bits per heavy atom. The van der Waals surface area contributed by atoms with Crippen LogP contribution in [0.5, 0.6) is 0 Å². The zero-order chi connectivity index (χ0) is 12.4. The van der Waals surface area contributed by atoms with Gasteiger partial charge in [0.25, 0.3) is 0 Å². The van der Waals surface area contributed by atoms with Crippen LogP contribution in [0.4, 0.5) is 0 Å². The Morgan fingerprint density at radius 3 is 2.47 bits per heavy atom. The molecule has 17 heavy (non-hydrogen) atoms. The molecule has 2 rings (SSSR count). The third-order valence-electron chi connectivity index (χ3n) is 2.36. The molecule has 5 heteroatoms. The molecule has 2 aromatic heterocycles. The summed E-state index contributed by atoms with van der Waals surface area (Å²) in [4.78, 5) is 14.6. The molecule has 0 aromatic carbocycles. The highest BCUT2D eigenvalue weighted by atomic mass is 79.9. The van der Waals surface area contributed by atoms with Crippen molar-refractivity contribution in [1.82, 2.24) is 0 Å². The molecule has 90 valence electrons. The second kappa shape index (κ2) is 5.78. The van der Waals surface area contributed by atoms with Gasteiger partial charge in [-0.2, -0.15) is 0 Å². The summed E-state index contributed by atoms with van der Waals surface area (Å²) < 4.78 is 1.88. The van der Waals surface area contributed by atoms with Crippen LogP contribution in [0.1, 0.15) is 27.0 Å². The van der Waals surface area contributed by atoms with Crippen molar-refractivity contribution in [2.24, 2.45) is 0 Å². The molecule has 0 aliphatic heterocycles. The van der Waals surface area contributed by atoms with E-state index in [1.807, 2.05) is 6.07 Å². The Hall–Kier alpha value is 0.0300. The van der Waals surface area contributed by atoms with Crippen molar-refractivity contribution in [1.29, 1.82) is 0 Å². The Labute approximate surface area is 125 Å². The molecule has 0 fully saturated rings. The number of carbonyl (C=O) groups is 1. The van der Waals surface area contributed by atoms with Crippen LogP contribution in [0.3, 0.4) is 0 Å². The van der Waals surface area contributed by atoms with Crippen molar-refractivity contribution >= 4 is 60.3 Å². The molecule has 0 atom stereocenters. The molecule has 0 saturated carbocycles. The van der Waals surface area contributed by atoms with Gasteiger partial charge < -0.3 is 0 Å². The van der Waals surface area contributed by atoms with Gasteiger partial charge >= 0.3 is 0 Å². The standard InChI is InChI=1S/C12H10Br2OS2/c1-2-7-3-4-8(16-7)5-10(15)9-6-11(13)17-12(9)14/h3-4,6H,2,5H2,1H3. The number of halogens is 2. The van der Waals surface area contributed by atoms with E-state index in [9.17, 15) is 4.79 Å². The molecule has 0 aliphatic carbocycles. The number of thiophene rings is 2. The number of hydrogen-bond donors (Lipinski definition) is 0. The first kappa shape index (κ1) is 13.5. The van der Waals surface area contributed by atoms with E-state index in [0.717, 1.165) is 24.4 Å². The maximum Gasteiger partial charge on any atom is 0.170 e. The van der Waals surface area contributed by atoms with Gasteiger partial charge in [-0.1, -0.05) is 6.92 Å². The van der Waals surface area contributed by atoms with Crippen molar-refractivity contribution in [2.45, 2.75) is 19.8 Å². The fraction of sp³-hybridized carbons (Fsp3) is 0.250. The number of Topliss-reactive ketones (excluding diaryl/α,β-unsaturated/α-hetero) is 1. The fourth-order valence-corrected chi connectivity index (χ4v) is 5.30. The minimum atomic E-state index is 0.170. The van der Waals surface area contributed by atoms with Gasteiger partial charge in [0.2, 0.25) is 0 Å². The van der Waals surface area contributed by atoms with Crippen LogP contribution in [-0.4, -0.2) is 5.78 Å². The zero-order valence-electron chi connectivity index (χ0n) is 9.13. The topological polar surface area (TPSA) is 17.1 Å². The lowest BCUT2D eigenvalue weighted by molar-refractivity contribution is 0.0993. The molecule has 0 spiro atoms. The van der Waals surface area contributed by atoms with Crippen LogP contribution in [-0.2, 0) is 12.8 Å². The summed E-state index contributed by atoms with van der Waals surface area (Å²) in [5.41, 5.74) is 0.772. The van der Waals surface area contributed by atoms with E-state index in [1.165, 1.54) is 16.2 Å². The summed E-state index contributed by atoms with van der Waals surface area (Å²) in [6.45, 7) is 2.13. The lowest BCUT2D eigenvalue weighted by Crippen LogP contribution is -2.00. The Balaban J connectivity index is 2.14. The molecule has 2 aromatic rings. The van der Waals surface area contributed by atoms with Crippen molar-refractivity contribution < 1.29 is 4.79 Å². The number of rotatable bonds is 4. The summed E-state index contributed by atoms with van der Waals surface area (Å²) in [6, 6.07) is 6.04. The summed E-state index contributed by atoms with van der Waals surface area (Å²) in [7, 11) is 0. The third-order valence-corrected chi connectivity index (χ3v) is 5.93. The van der Waals surface area contributed by atoms with Crippen molar-refractivity contribution in [3.05, 3.63) is 41.1 Å². The molecule has 0 unspecified atom stereocenters. The summed E-state index contributed by atoms with van der Waals surface area (Å²) in [6.07, 6.45) is 1.53. The van der Waals surface area contributed by atoms with E-state index in [1.54, 1.807) is 11.3 Å². The van der Waals surface area contributed by atoms with Gasteiger partial charge in [0.1, 0.15) is 0 Å². The fourth-order valence-electron chi connectivity index (χ4n) is 1.49. The largest absolute Gasteiger partial charge is 0.294 e. The molecule has 0 aliphatic rings. The van der Waals surface area contributed by atoms with E-state index in [2.05, 4.69) is 50.9 Å². The molecule has 0 N–H and O–H groups in total. The number of ketones is 1. The van der Waals surface area contributed by atoms with E-state index < -0.39 is 0 Å². The second-order valence-corrected chi connectivity index (χ2v) is 8.56. The molecular formula is C12H10Br2OS2. The Morgan fingerprint density at radius 1 is 1.24 bits per heavy atom. The van der Waals surface area contributed by atoms with Crippen molar-refractivity contribution in [3.63, 3.8) is 0 Å². The van der Waals surface area contributed by atoms with Crippen LogP contribution in [0.25, 0.3) is 0 Å². The molecule has 0 radical (unpaired) electrons. The highest BCUT2D eigenvalue weighted by molar-refractivity contribution is 9.12. The Bertz CT molecular complexity index is 542. The summed E-state index contributed by atoms with van der Waals surface area (Å²) in [5, 5.41) is 0. The molecule has 0 saturated heterocycles. The number of hydrogen-bond acceptors (Lipinski definition) is 3. The molecule has 2 heterocycles. The smallest absolute Gasteiger partial charge is 0.170 e. The average molecular weight is 394 g/mol. The molecule has 1 nitrogen and oxygen atoms in total. The van der Waals surface area contributed by atoms with E-state index in [4.69, 9.17) is 0 Å². The SMILES string of the molecule is CCc1ccc(CC(=O)c2cc(Br)sc2Br)s1. The van der Waals surface area contributed by atoms with E-state index in [-0.39, 0.29) is 5.78 Å². The van der Waals surface area contributed by atoms with Crippen LogP contribution in [0.2, 0.25) is 0 Å². The predicted molar refractivity (Wildman–Crippen MR) is 81.5 cm³/mol. The molecule has 0 amide bonds. The first-order valence-electron chi connectivity index (χ1n) is 5.15. The minimum absolute atomic E-state index is 0.170. The third kappa shape index (κ3) is 3.28. The normalized spacial score (nSPS) is 10.8. The van der Waals surface area contributed by atoms with Gasteiger partial charge in [-0.3, -0.25) is 4.79 Å². The van der Waals surface area contributed by atoms with Gasteiger partial charge in [-0.25, -0.2) is 0 Å². The quantitative estimate of drug-likeness (QED) is 0.642. The van der Waals surface area contributed by atoms with Gasteiger partial charge in [0, 0.05) is 21.7 Å². The van der Waals surface area contributed by atoms with Crippen molar-refractivity contribution in [3.8, 4) is 0 Å². The summed E-state index contributed by atoms with van der Waals surface area (Å²) >= 11 is 10.1. The zero-order valence-corrected chi connectivity index (χ0v) is 13.9. The molecule has 0 bridgehead atoms. The highest BCUT2D eigenvalue weighted by Gasteiger charge is 2.14. The first-order valence-corrected chi connectivity index (χ1v) is 8.37. The van der Waals surface area contributed by atoms with Crippen molar-refractivity contribution in [2.75, 3.05) is 0 Å². The monoisotopic (exact) mass is 392 g/mol. The average Bonchev–Trinajstić information content (AvgIpc) is 2.85. The maximum atomic E-state index is 12.1. The van der Waals surface area contributed by atoms with Crippen LogP contribution < -0.4 is 0 Å². The maximum absolute atomic E-state index is 12.1. The van der Waals surface area contributed by atoms with Crippen LogP contribution >= 0.6 is 54.5 Å². The van der Waals surface area contributed by atoms with Crippen LogP contribution in [0.15, 0.2) is 25.8 Å². The number of aryl methyl sites for hydroxylation is 1. The van der Waals surface area contributed by atoms with Gasteiger partial charge in [0.05, 0.1) is 7.57 Å². The summed E-state index contributed by atoms with van der Waals surface area (Å²) in [5.74, 6) is 0.170. The van der Waals surface area contributed by atoms with Gasteiger partial charge in [-0.05, 0) is 56.5 Å². The lowest BCUT2D eigenvalue weighted by atomic mass is 10.1. The molecular weight excluding hydrogens is 384 g/mol.